The first-order valence-electron chi connectivity index (χ1n) is 8.05. The molecule has 1 N–H and O–H groups in total. The zero-order valence-corrected chi connectivity index (χ0v) is 15.3. The highest BCUT2D eigenvalue weighted by Crippen LogP contribution is 2.16. The van der Waals surface area contributed by atoms with Crippen LogP contribution in [0.4, 0.5) is 5.95 Å². The monoisotopic (exact) mass is 352 g/mol. The molecule has 1 aromatic heterocycles. The Balaban J connectivity index is 2.02. The molecule has 0 atom stereocenters. The van der Waals surface area contributed by atoms with Crippen LogP contribution in [0.25, 0.3) is 10.9 Å². The van der Waals surface area contributed by atoms with Crippen LogP contribution < -0.4 is 10.8 Å². The molecule has 0 bridgehead atoms. The molecular formula is C19H20N4OS. The van der Waals surface area contributed by atoms with Crippen molar-refractivity contribution in [1.29, 1.82) is 0 Å². The van der Waals surface area contributed by atoms with Gasteiger partial charge in [-0.1, -0.05) is 12.1 Å². The number of hydrogen-bond donors (Lipinski definition) is 1. The van der Waals surface area contributed by atoms with Crippen molar-refractivity contribution in [3.05, 3.63) is 59.6 Å². The maximum absolute atomic E-state index is 12.6. The van der Waals surface area contributed by atoms with Crippen LogP contribution in [0, 0.1) is 0 Å². The van der Waals surface area contributed by atoms with Crippen LogP contribution in [0.2, 0.25) is 0 Å². The highest BCUT2D eigenvalue weighted by molar-refractivity contribution is 7.98. The molecule has 0 fully saturated rings. The van der Waals surface area contributed by atoms with Crippen molar-refractivity contribution in [2.75, 3.05) is 18.1 Å². The van der Waals surface area contributed by atoms with Crippen molar-refractivity contribution in [1.82, 2.24) is 9.55 Å². The predicted octanol–water partition coefficient (Wildman–Crippen LogP) is 3.47. The normalized spacial score (nSPS) is 11.7. The second-order valence-electron chi connectivity index (χ2n) is 5.49. The standard InChI is InChI=1S/C19H20N4OS/c1-4-20-17-15-7-5-6-8-16(15)21-19(23(17)2)22-18(24)13-9-11-14(25-3)12-10-13/h5-12H,4H2,1-3H3,(H,21,22,24)/b20-17-. The Kier molecular flexibility index (Phi) is 5.19. The van der Waals surface area contributed by atoms with Crippen LogP contribution >= 0.6 is 11.8 Å². The van der Waals surface area contributed by atoms with Gasteiger partial charge < -0.3 is 0 Å². The molecule has 0 aliphatic carbocycles. The van der Waals surface area contributed by atoms with Crippen LogP contribution in [-0.2, 0) is 7.05 Å². The Hall–Kier alpha value is -2.60. The van der Waals surface area contributed by atoms with Crippen molar-refractivity contribution in [3.8, 4) is 0 Å². The fraction of sp³-hybridized carbons (Fsp3) is 0.211. The maximum Gasteiger partial charge on any atom is 0.257 e. The molecule has 128 valence electrons. The Morgan fingerprint density at radius 3 is 2.60 bits per heavy atom. The minimum Gasteiger partial charge on any atom is -0.299 e. The lowest BCUT2D eigenvalue weighted by Gasteiger charge is -2.12. The number of para-hydroxylation sites is 1. The van der Waals surface area contributed by atoms with E-state index in [0.717, 1.165) is 21.3 Å². The second kappa shape index (κ2) is 7.53. The third-order valence-electron chi connectivity index (χ3n) is 3.89. The zero-order chi connectivity index (χ0) is 17.8. The predicted molar refractivity (Wildman–Crippen MR) is 103 cm³/mol. The summed E-state index contributed by atoms with van der Waals surface area (Å²) in [6, 6.07) is 15.3. The molecule has 0 saturated carbocycles. The van der Waals surface area contributed by atoms with Gasteiger partial charge in [0, 0.05) is 29.4 Å². The van der Waals surface area contributed by atoms with E-state index in [1.165, 1.54) is 0 Å². The molecule has 5 nitrogen and oxygen atoms in total. The molecule has 25 heavy (non-hydrogen) atoms. The number of carbonyl (C=O) groups excluding carboxylic acids is 1. The third kappa shape index (κ3) is 3.58. The average Bonchev–Trinajstić information content (AvgIpc) is 2.65. The summed E-state index contributed by atoms with van der Waals surface area (Å²) in [6.45, 7) is 2.64. The van der Waals surface area contributed by atoms with E-state index in [-0.39, 0.29) is 5.91 Å². The number of amides is 1. The summed E-state index contributed by atoms with van der Waals surface area (Å²) in [5.74, 6) is 0.290. The van der Waals surface area contributed by atoms with Gasteiger partial charge in [0.15, 0.2) is 0 Å². The first-order chi connectivity index (χ1) is 12.1. The van der Waals surface area contributed by atoms with Gasteiger partial charge in [-0.05, 0) is 49.6 Å². The van der Waals surface area contributed by atoms with Crippen LogP contribution in [-0.4, -0.2) is 28.3 Å². The Morgan fingerprint density at radius 2 is 1.92 bits per heavy atom. The summed E-state index contributed by atoms with van der Waals surface area (Å²) < 4.78 is 1.82. The lowest BCUT2D eigenvalue weighted by molar-refractivity contribution is 0.102. The number of rotatable bonds is 4. The number of carbonyl (C=O) groups is 1. The van der Waals surface area contributed by atoms with Crippen molar-refractivity contribution >= 4 is 34.5 Å². The third-order valence-corrected chi connectivity index (χ3v) is 4.64. The summed E-state index contributed by atoms with van der Waals surface area (Å²) in [6.07, 6.45) is 2.01. The summed E-state index contributed by atoms with van der Waals surface area (Å²) in [5, 5.41) is 3.87. The number of aromatic nitrogens is 2. The van der Waals surface area contributed by atoms with E-state index in [9.17, 15) is 4.79 Å². The van der Waals surface area contributed by atoms with E-state index in [0.29, 0.717) is 18.1 Å². The molecule has 0 radical (unpaired) electrons. The number of thioether (sulfide) groups is 1. The van der Waals surface area contributed by atoms with Crippen molar-refractivity contribution in [3.63, 3.8) is 0 Å². The summed E-state index contributed by atoms with van der Waals surface area (Å²) in [7, 11) is 1.86. The number of nitrogens with one attached hydrogen (secondary N) is 1. The van der Waals surface area contributed by atoms with Crippen LogP contribution in [0.15, 0.2) is 58.4 Å². The van der Waals surface area contributed by atoms with E-state index < -0.39 is 0 Å². The number of benzene rings is 2. The minimum atomic E-state index is -0.187. The summed E-state index contributed by atoms with van der Waals surface area (Å²) >= 11 is 1.64. The number of hydrogen-bond acceptors (Lipinski definition) is 4. The fourth-order valence-electron chi connectivity index (χ4n) is 2.60. The highest BCUT2D eigenvalue weighted by Gasteiger charge is 2.11. The average molecular weight is 352 g/mol. The molecule has 2 aromatic carbocycles. The number of nitrogens with zero attached hydrogens (tertiary/aromatic N) is 3. The molecule has 0 aliphatic heterocycles. The number of fused-ring (bicyclic) bond motifs is 1. The van der Waals surface area contributed by atoms with Gasteiger partial charge in [0.25, 0.3) is 5.91 Å². The van der Waals surface area contributed by atoms with Crippen molar-refractivity contribution in [2.45, 2.75) is 11.8 Å². The molecular weight excluding hydrogens is 332 g/mol. The van der Waals surface area contributed by atoms with Gasteiger partial charge >= 0.3 is 0 Å². The Morgan fingerprint density at radius 1 is 1.20 bits per heavy atom. The molecule has 3 rings (SSSR count). The first-order valence-corrected chi connectivity index (χ1v) is 9.28. The lowest BCUT2D eigenvalue weighted by Crippen LogP contribution is -2.26. The van der Waals surface area contributed by atoms with Gasteiger partial charge in [0.05, 0.1) is 5.52 Å². The first kappa shape index (κ1) is 17.2. The van der Waals surface area contributed by atoms with E-state index in [4.69, 9.17) is 0 Å². The van der Waals surface area contributed by atoms with E-state index in [1.807, 2.05) is 73.3 Å². The smallest absolute Gasteiger partial charge is 0.257 e. The van der Waals surface area contributed by atoms with Crippen LogP contribution in [0.5, 0.6) is 0 Å². The molecule has 0 spiro atoms. The molecule has 1 heterocycles. The van der Waals surface area contributed by atoms with Crippen molar-refractivity contribution in [2.24, 2.45) is 12.0 Å². The van der Waals surface area contributed by atoms with Gasteiger partial charge in [-0.2, -0.15) is 0 Å². The van der Waals surface area contributed by atoms with Gasteiger partial charge in [-0.25, -0.2) is 4.98 Å². The van der Waals surface area contributed by atoms with Crippen LogP contribution in [0.3, 0.4) is 0 Å². The SMILES string of the molecule is CC/N=c1/c2ccccc2nc(NC(=O)c2ccc(SC)cc2)n1C. The van der Waals surface area contributed by atoms with Gasteiger partial charge in [0.2, 0.25) is 5.95 Å². The second-order valence-corrected chi connectivity index (χ2v) is 6.37. The Bertz CT molecular complexity index is 977. The van der Waals surface area contributed by atoms with Gasteiger partial charge in [-0.15, -0.1) is 11.8 Å². The molecule has 6 heteroatoms. The fourth-order valence-corrected chi connectivity index (χ4v) is 3.01. The van der Waals surface area contributed by atoms with E-state index in [2.05, 4.69) is 15.3 Å². The van der Waals surface area contributed by atoms with E-state index >= 15 is 0 Å². The van der Waals surface area contributed by atoms with Gasteiger partial charge in [0.1, 0.15) is 5.49 Å². The van der Waals surface area contributed by atoms with Gasteiger partial charge in [-0.3, -0.25) is 19.7 Å². The largest absolute Gasteiger partial charge is 0.299 e. The maximum atomic E-state index is 12.6. The van der Waals surface area contributed by atoms with Crippen LogP contribution in [0.1, 0.15) is 17.3 Å². The topological polar surface area (TPSA) is 59.3 Å². The summed E-state index contributed by atoms with van der Waals surface area (Å²) in [4.78, 5) is 22.8. The zero-order valence-electron chi connectivity index (χ0n) is 14.5. The summed E-state index contributed by atoms with van der Waals surface area (Å²) in [5.41, 5.74) is 2.21. The molecule has 0 unspecified atom stereocenters. The van der Waals surface area contributed by atoms with E-state index in [1.54, 1.807) is 11.8 Å². The quantitative estimate of drug-likeness (QED) is 0.732. The molecule has 1 amide bonds. The molecule has 3 aromatic rings. The lowest BCUT2D eigenvalue weighted by atomic mass is 10.2. The number of anilines is 1. The molecule has 0 aliphatic rings. The Labute approximate surface area is 150 Å². The van der Waals surface area contributed by atoms with Crippen molar-refractivity contribution < 1.29 is 4.79 Å². The highest BCUT2D eigenvalue weighted by atomic mass is 32.2. The molecule has 0 saturated heterocycles. The minimum absolute atomic E-state index is 0.187.